The summed E-state index contributed by atoms with van der Waals surface area (Å²) in [6.07, 6.45) is -0.622. The van der Waals surface area contributed by atoms with Gasteiger partial charge in [0.1, 0.15) is 10.6 Å². The van der Waals surface area contributed by atoms with Crippen LogP contribution in [0.5, 0.6) is 5.75 Å². The average molecular weight is 464 g/mol. The molecular weight excluding hydrogens is 434 g/mol. The molecule has 32 heavy (non-hydrogen) atoms. The molecule has 0 aliphatic rings. The minimum absolute atomic E-state index is 0.0152. The van der Waals surface area contributed by atoms with E-state index in [4.69, 9.17) is 9.47 Å². The molecule has 0 fully saturated rings. The van der Waals surface area contributed by atoms with E-state index in [1.165, 1.54) is 22.5 Å². The molecule has 0 radical (unpaired) electrons. The monoisotopic (exact) mass is 463 g/mol. The Morgan fingerprint density at radius 2 is 1.59 bits per heavy atom. The van der Waals surface area contributed by atoms with Crippen molar-refractivity contribution in [1.29, 1.82) is 0 Å². The standard InChI is InChI=1S/C22H29N3O6S/c1-5-25(6-2)32(28,29)20-15-18(12-13-19(20)30-7-3)23-21(26)16-10-9-11-17(14-16)24-22(27)31-8-4/h9-15H,5-8H2,1-4H3,(H,23,26)(H,24,27). The first-order valence-electron chi connectivity index (χ1n) is 10.4. The van der Waals surface area contributed by atoms with Crippen LogP contribution in [0, 0.1) is 0 Å². The molecule has 2 aromatic rings. The van der Waals surface area contributed by atoms with Crippen molar-refractivity contribution in [2.45, 2.75) is 32.6 Å². The van der Waals surface area contributed by atoms with E-state index >= 15 is 0 Å². The number of amides is 2. The highest BCUT2D eigenvalue weighted by molar-refractivity contribution is 7.89. The van der Waals surface area contributed by atoms with Gasteiger partial charge in [-0.15, -0.1) is 0 Å². The quantitative estimate of drug-likeness (QED) is 0.552. The summed E-state index contributed by atoms with van der Waals surface area (Å²) in [6, 6.07) is 10.8. The molecule has 0 unspecified atom stereocenters. The van der Waals surface area contributed by atoms with Crippen LogP contribution in [0.2, 0.25) is 0 Å². The molecule has 2 N–H and O–H groups in total. The minimum Gasteiger partial charge on any atom is -0.492 e. The number of carbonyl (C=O) groups is 2. The molecule has 9 nitrogen and oxygen atoms in total. The van der Waals surface area contributed by atoms with Gasteiger partial charge >= 0.3 is 6.09 Å². The smallest absolute Gasteiger partial charge is 0.411 e. The van der Waals surface area contributed by atoms with Gasteiger partial charge in [-0.3, -0.25) is 10.1 Å². The Morgan fingerprint density at radius 3 is 2.22 bits per heavy atom. The van der Waals surface area contributed by atoms with E-state index < -0.39 is 22.0 Å². The predicted octanol–water partition coefficient (Wildman–Crippen LogP) is 3.94. The van der Waals surface area contributed by atoms with Crippen LogP contribution in [0.1, 0.15) is 38.1 Å². The first-order chi connectivity index (χ1) is 15.3. The lowest BCUT2D eigenvalue weighted by Crippen LogP contribution is -2.31. The third kappa shape index (κ3) is 6.21. The zero-order chi connectivity index (χ0) is 23.7. The number of hydrogen-bond donors (Lipinski definition) is 2. The maximum Gasteiger partial charge on any atom is 0.411 e. The van der Waals surface area contributed by atoms with Crippen LogP contribution in [0.15, 0.2) is 47.4 Å². The summed E-state index contributed by atoms with van der Waals surface area (Å²) in [5.41, 5.74) is 0.974. The lowest BCUT2D eigenvalue weighted by atomic mass is 10.2. The molecule has 0 aromatic heterocycles. The highest BCUT2D eigenvalue weighted by Gasteiger charge is 2.26. The molecule has 2 rings (SSSR count). The van der Waals surface area contributed by atoms with Crippen molar-refractivity contribution in [3.8, 4) is 5.75 Å². The number of nitrogens with one attached hydrogen (secondary N) is 2. The van der Waals surface area contributed by atoms with Crippen LogP contribution in [0.3, 0.4) is 0 Å². The molecule has 174 valence electrons. The Labute approximate surface area is 188 Å². The maximum atomic E-state index is 13.1. The van der Waals surface area contributed by atoms with Crippen LogP contribution in [-0.4, -0.2) is 51.0 Å². The summed E-state index contributed by atoms with van der Waals surface area (Å²) in [5, 5.41) is 5.23. The van der Waals surface area contributed by atoms with Gasteiger partial charge in [-0.1, -0.05) is 19.9 Å². The Balaban J connectivity index is 2.32. The van der Waals surface area contributed by atoms with Gasteiger partial charge in [-0.25, -0.2) is 13.2 Å². The second-order valence-electron chi connectivity index (χ2n) is 6.56. The normalized spacial score (nSPS) is 11.2. The lowest BCUT2D eigenvalue weighted by Gasteiger charge is -2.21. The Bertz CT molecular complexity index is 1050. The van der Waals surface area contributed by atoms with Crippen molar-refractivity contribution < 1.29 is 27.5 Å². The maximum absolute atomic E-state index is 13.1. The molecule has 0 atom stereocenters. The van der Waals surface area contributed by atoms with Crippen molar-refractivity contribution >= 4 is 33.4 Å². The van der Waals surface area contributed by atoms with Gasteiger partial charge in [0.25, 0.3) is 5.91 Å². The van der Waals surface area contributed by atoms with Crippen LogP contribution in [0.25, 0.3) is 0 Å². The summed E-state index contributed by atoms with van der Waals surface area (Å²) in [4.78, 5) is 24.3. The molecule has 10 heteroatoms. The third-order valence-electron chi connectivity index (χ3n) is 4.47. The summed E-state index contributed by atoms with van der Waals surface area (Å²) >= 11 is 0. The second-order valence-corrected chi connectivity index (χ2v) is 8.47. The number of ether oxygens (including phenoxy) is 2. The van der Waals surface area contributed by atoms with Crippen molar-refractivity contribution in [3.05, 3.63) is 48.0 Å². The number of anilines is 2. The minimum atomic E-state index is -3.81. The topological polar surface area (TPSA) is 114 Å². The number of benzene rings is 2. The first kappa shape index (κ1) is 25.2. The van der Waals surface area contributed by atoms with Crippen molar-refractivity contribution in [2.24, 2.45) is 0 Å². The summed E-state index contributed by atoms with van der Waals surface area (Å²) < 4.78 is 37.8. The molecule has 0 aliphatic heterocycles. The summed E-state index contributed by atoms with van der Waals surface area (Å²) in [5.74, 6) is -0.245. The second kappa shape index (κ2) is 11.5. The van der Waals surface area contributed by atoms with E-state index in [0.29, 0.717) is 31.1 Å². The third-order valence-corrected chi connectivity index (χ3v) is 6.54. The number of sulfonamides is 1. The summed E-state index contributed by atoms with van der Waals surface area (Å²) in [6.45, 7) is 8.10. The Kier molecular flexibility index (Phi) is 9.03. The number of nitrogens with zero attached hydrogens (tertiary/aromatic N) is 1. The molecule has 2 aromatic carbocycles. The highest BCUT2D eigenvalue weighted by Crippen LogP contribution is 2.30. The van der Waals surface area contributed by atoms with Crippen molar-refractivity contribution in [3.63, 3.8) is 0 Å². The van der Waals surface area contributed by atoms with E-state index in [0.717, 1.165) is 0 Å². The Hall–Kier alpha value is -3.11. The summed E-state index contributed by atoms with van der Waals surface area (Å²) in [7, 11) is -3.81. The molecule has 0 spiro atoms. The highest BCUT2D eigenvalue weighted by atomic mass is 32.2. The fourth-order valence-corrected chi connectivity index (χ4v) is 4.61. The van der Waals surface area contributed by atoms with E-state index in [2.05, 4.69) is 10.6 Å². The molecular formula is C22H29N3O6S. The van der Waals surface area contributed by atoms with E-state index in [-0.39, 0.29) is 22.8 Å². The fourth-order valence-electron chi connectivity index (χ4n) is 2.99. The van der Waals surface area contributed by atoms with Crippen LogP contribution in [0.4, 0.5) is 16.2 Å². The zero-order valence-corrected chi connectivity index (χ0v) is 19.5. The predicted molar refractivity (Wildman–Crippen MR) is 123 cm³/mol. The largest absolute Gasteiger partial charge is 0.492 e. The molecule has 0 saturated heterocycles. The molecule has 0 saturated carbocycles. The number of hydrogen-bond acceptors (Lipinski definition) is 6. The van der Waals surface area contributed by atoms with Gasteiger partial charge in [0.05, 0.1) is 13.2 Å². The van der Waals surface area contributed by atoms with Crippen molar-refractivity contribution in [2.75, 3.05) is 36.9 Å². The van der Waals surface area contributed by atoms with Crippen LogP contribution in [-0.2, 0) is 14.8 Å². The average Bonchev–Trinajstić information content (AvgIpc) is 2.76. The molecule has 0 bridgehead atoms. The molecule has 0 heterocycles. The van der Waals surface area contributed by atoms with Gasteiger partial charge in [0, 0.05) is 30.0 Å². The molecule has 0 aliphatic carbocycles. The van der Waals surface area contributed by atoms with E-state index in [1.54, 1.807) is 52.0 Å². The lowest BCUT2D eigenvalue weighted by molar-refractivity contribution is 0.102. The first-order valence-corrected chi connectivity index (χ1v) is 11.8. The van der Waals surface area contributed by atoms with Gasteiger partial charge in [-0.2, -0.15) is 4.31 Å². The number of rotatable bonds is 10. The fraction of sp³-hybridized carbons (Fsp3) is 0.364. The Morgan fingerprint density at radius 1 is 0.906 bits per heavy atom. The van der Waals surface area contributed by atoms with Gasteiger partial charge in [0.2, 0.25) is 10.0 Å². The van der Waals surface area contributed by atoms with Gasteiger partial charge in [0.15, 0.2) is 0 Å². The van der Waals surface area contributed by atoms with Crippen LogP contribution < -0.4 is 15.4 Å². The molecule has 2 amide bonds. The van der Waals surface area contributed by atoms with Gasteiger partial charge < -0.3 is 14.8 Å². The zero-order valence-electron chi connectivity index (χ0n) is 18.7. The van der Waals surface area contributed by atoms with E-state index in [9.17, 15) is 18.0 Å². The number of carbonyl (C=O) groups excluding carboxylic acids is 2. The van der Waals surface area contributed by atoms with Gasteiger partial charge in [-0.05, 0) is 50.2 Å². The van der Waals surface area contributed by atoms with E-state index in [1.807, 2.05) is 0 Å². The van der Waals surface area contributed by atoms with Crippen LogP contribution >= 0.6 is 0 Å². The SMILES string of the molecule is CCOC(=O)Nc1cccc(C(=O)Nc2ccc(OCC)c(S(=O)(=O)N(CC)CC)c2)c1. The van der Waals surface area contributed by atoms with Crippen molar-refractivity contribution in [1.82, 2.24) is 4.31 Å².